The number of carbonyl (C=O) groups is 1. The van der Waals surface area contributed by atoms with Crippen molar-refractivity contribution in [3.63, 3.8) is 0 Å². The molecule has 1 heterocycles. The number of hydrogen-bond acceptors (Lipinski definition) is 1. The average molecular weight is 295 g/mol. The van der Waals surface area contributed by atoms with Gasteiger partial charge in [0, 0.05) is 41.6 Å². The molecule has 0 radical (unpaired) electrons. The molecule has 0 atom stereocenters. The van der Waals surface area contributed by atoms with Crippen LogP contribution < -0.4 is 5.32 Å². The highest BCUT2D eigenvalue weighted by molar-refractivity contribution is 9.10. The fourth-order valence-electron chi connectivity index (χ4n) is 1.90. The van der Waals surface area contributed by atoms with Crippen LogP contribution in [0.5, 0.6) is 0 Å². The fraction of sp³-hybridized carbons (Fsp3) is 0.308. The highest BCUT2D eigenvalue weighted by atomic mass is 79.9. The molecule has 0 saturated carbocycles. The van der Waals surface area contributed by atoms with Crippen LogP contribution in [0.25, 0.3) is 10.9 Å². The van der Waals surface area contributed by atoms with Crippen LogP contribution in [0.1, 0.15) is 12.8 Å². The summed E-state index contributed by atoms with van der Waals surface area (Å²) in [7, 11) is 1.67. The third kappa shape index (κ3) is 2.88. The van der Waals surface area contributed by atoms with Gasteiger partial charge in [-0.3, -0.25) is 4.79 Å². The maximum atomic E-state index is 11.1. The lowest BCUT2D eigenvalue weighted by molar-refractivity contribution is -0.120. The summed E-state index contributed by atoms with van der Waals surface area (Å²) in [5, 5.41) is 3.86. The van der Waals surface area contributed by atoms with E-state index in [1.807, 2.05) is 6.07 Å². The van der Waals surface area contributed by atoms with Gasteiger partial charge in [-0.15, -0.1) is 0 Å². The number of rotatable bonds is 4. The third-order valence-electron chi connectivity index (χ3n) is 2.81. The first-order valence-electron chi connectivity index (χ1n) is 5.65. The molecule has 90 valence electrons. The summed E-state index contributed by atoms with van der Waals surface area (Å²) in [4.78, 5) is 11.1. The standard InChI is InChI=1S/C13H15BrN2O/c1-15-13(17)3-2-7-16-8-6-10-9-11(14)4-5-12(10)16/h4-6,8-9H,2-3,7H2,1H3,(H,15,17). The average Bonchev–Trinajstić information content (AvgIpc) is 2.71. The Labute approximate surface area is 109 Å². The van der Waals surface area contributed by atoms with Crippen LogP contribution in [0.15, 0.2) is 34.9 Å². The molecule has 0 bridgehead atoms. The minimum absolute atomic E-state index is 0.101. The van der Waals surface area contributed by atoms with Crippen LogP contribution in [0.3, 0.4) is 0 Å². The highest BCUT2D eigenvalue weighted by Gasteiger charge is 2.02. The normalized spacial score (nSPS) is 10.7. The van der Waals surface area contributed by atoms with E-state index in [-0.39, 0.29) is 5.91 Å². The summed E-state index contributed by atoms with van der Waals surface area (Å²) in [5.41, 5.74) is 1.21. The van der Waals surface area contributed by atoms with Gasteiger partial charge >= 0.3 is 0 Å². The number of hydrogen-bond donors (Lipinski definition) is 1. The van der Waals surface area contributed by atoms with Gasteiger partial charge in [0.15, 0.2) is 0 Å². The monoisotopic (exact) mass is 294 g/mol. The van der Waals surface area contributed by atoms with Crippen LogP contribution in [0.2, 0.25) is 0 Å². The Morgan fingerprint density at radius 1 is 1.41 bits per heavy atom. The Hall–Kier alpha value is -1.29. The molecule has 2 aromatic rings. The van der Waals surface area contributed by atoms with Crippen LogP contribution in [0, 0.1) is 0 Å². The zero-order valence-corrected chi connectivity index (χ0v) is 11.3. The van der Waals surface area contributed by atoms with Crippen molar-refractivity contribution in [3.8, 4) is 0 Å². The quantitative estimate of drug-likeness (QED) is 0.924. The molecule has 0 aliphatic carbocycles. The maximum Gasteiger partial charge on any atom is 0.219 e. The first-order chi connectivity index (χ1) is 8.20. The van der Waals surface area contributed by atoms with Gasteiger partial charge in [-0.2, -0.15) is 0 Å². The lowest BCUT2D eigenvalue weighted by Crippen LogP contribution is -2.17. The molecular formula is C13H15BrN2O. The van der Waals surface area contributed by atoms with Gasteiger partial charge < -0.3 is 9.88 Å². The smallest absolute Gasteiger partial charge is 0.219 e. The van der Waals surface area contributed by atoms with E-state index in [0.717, 1.165) is 17.4 Å². The van der Waals surface area contributed by atoms with Gasteiger partial charge in [-0.25, -0.2) is 0 Å². The van der Waals surface area contributed by atoms with Gasteiger partial charge in [0.1, 0.15) is 0 Å². The molecule has 0 saturated heterocycles. The number of fused-ring (bicyclic) bond motifs is 1. The van der Waals surface area contributed by atoms with E-state index in [1.54, 1.807) is 7.05 Å². The topological polar surface area (TPSA) is 34.0 Å². The number of amides is 1. The summed E-state index contributed by atoms with van der Waals surface area (Å²) in [6.45, 7) is 0.874. The Balaban J connectivity index is 2.06. The van der Waals surface area contributed by atoms with Gasteiger partial charge in [0.05, 0.1) is 0 Å². The predicted molar refractivity (Wildman–Crippen MR) is 72.9 cm³/mol. The van der Waals surface area contributed by atoms with Gasteiger partial charge in [-0.05, 0) is 30.7 Å². The van der Waals surface area contributed by atoms with E-state index in [9.17, 15) is 4.79 Å². The zero-order valence-electron chi connectivity index (χ0n) is 9.74. The molecule has 1 aromatic heterocycles. The van der Waals surface area contributed by atoms with E-state index in [4.69, 9.17) is 0 Å². The van der Waals surface area contributed by atoms with E-state index < -0.39 is 0 Å². The number of nitrogens with zero attached hydrogens (tertiary/aromatic N) is 1. The predicted octanol–water partition coefficient (Wildman–Crippen LogP) is 2.93. The first-order valence-corrected chi connectivity index (χ1v) is 6.45. The Morgan fingerprint density at radius 2 is 2.24 bits per heavy atom. The Kier molecular flexibility index (Phi) is 3.84. The van der Waals surface area contributed by atoms with Crippen molar-refractivity contribution in [2.24, 2.45) is 0 Å². The second kappa shape index (κ2) is 5.36. The van der Waals surface area contributed by atoms with E-state index in [0.29, 0.717) is 6.42 Å². The van der Waals surface area contributed by atoms with Crippen molar-refractivity contribution in [2.45, 2.75) is 19.4 Å². The van der Waals surface area contributed by atoms with Gasteiger partial charge in [0.2, 0.25) is 5.91 Å². The van der Waals surface area contributed by atoms with Crippen molar-refractivity contribution in [3.05, 3.63) is 34.9 Å². The van der Waals surface area contributed by atoms with Crippen molar-refractivity contribution < 1.29 is 4.79 Å². The SMILES string of the molecule is CNC(=O)CCCn1ccc2cc(Br)ccc21. The molecule has 0 unspecified atom stereocenters. The molecule has 2 rings (SSSR count). The lowest BCUT2D eigenvalue weighted by Gasteiger charge is -2.05. The second-order valence-corrected chi connectivity index (χ2v) is 4.90. The van der Waals surface area contributed by atoms with Crippen molar-refractivity contribution in [1.82, 2.24) is 9.88 Å². The van der Waals surface area contributed by atoms with Crippen LogP contribution in [-0.2, 0) is 11.3 Å². The maximum absolute atomic E-state index is 11.1. The number of halogens is 1. The molecule has 0 spiro atoms. The lowest BCUT2D eigenvalue weighted by atomic mass is 10.2. The third-order valence-corrected chi connectivity index (χ3v) is 3.31. The van der Waals surface area contributed by atoms with Gasteiger partial charge in [-0.1, -0.05) is 15.9 Å². The number of benzene rings is 1. The molecule has 1 amide bonds. The minimum atomic E-state index is 0.101. The molecule has 0 fully saturated rings. The molecular weight excluding hydrogens is 280 g/mol. The number of aromatic nitrogens is 1. The first kappa shape index (κ1) is 12.2. The van der Waals surface area contributed by atoms with E-state index in [2.05, 4.69) is 50.2 Å². The summed E-state index contributed by atoms with van der Waals surface area (Å²) < 4.78 is 3.28. The van der Waals surface area contributed by atoms with Crippen LogP contribution >= 0.6 is 15.9 Å². The fourth-order valence-corrected chi connectivity index (χ4v) is 2.28. The number of carbonyl (C=O) groups excluding carboxylic acids is 1. The molecule has 0 aliphatic rings. The van der Waals surface area contributed by atoms with Crippen molar-refractivity contribution >= 4 is 32.7 Å². The van der Waals surface area contributed by atoms with Crippen molar-refractivity contribution in [1.29, 1.82) is 0 Å². The zero-order chi connectivity index (χ0) is 12.3. The molecule has 17 heavy (non-hydrogen) atoms. The highest BCUT2D eigenvalue weighted by Crippen LogP contribution is 2.21. The van der Waals surface area contributed by atoms with Crippen LogP contribution in [0.4, 0.5) is 0 Å². The van der Waals surface area contributed by atoms with E-state index >= 15 is 0 Å². The largest absolute Gasteiger partial charge is 0.359 e. The summed E-state index contributed by atoms with van der Waals surface area (Å²) in [5.74, 6) is 0.101. The Bertz CT molecular complexity index is 533. The number of nitrogens with one attached hydrogen (secondary N) is 1. The summed E-state index contributed by atoms with van der Waals surface area (Å²) >= 11 is 3.46. The number of aryl methyl sites for hydroxylation is 1. The van der Waals surface area contributed by atoms with E-state index in [1.165, 1.54) is 10.9 Å². The Morgan fingerprint density at radius 3 is 3.00 bits per heavy atom. The molecule has 3 nitrogen and oxygen atoms in total. The summed E-state index contributed by atoms with van der Waals surface area (Å²) in [6.07, 6.45) is 3.51. The van der Waals surface area contributed by atoms with Crippen molar-refractivity contribution in [2.75, 3.05) is 7.05 Å². The van der Waals surface area contributed by atoms with Crippen LogP contribution in [-0.4, -0.2) is 17.5 Å². The van der Waals surface area contributed by atoms with Gasteiger partial charge in [0.25, 0.3) is 0 Å². The second-order valence-electron chi connectivity index (χ2n) is 3.99. The molecule has 1 aromatic carbocycles. The molecule has 1 N–H and O–H groups in total. The minimum Gasteiger partial charge on any atom is -0.359 e. The summed E-state index contributed by atoms with van der Waals surface area (Å²) in [6, 6.07) is 8.33. The molecule has 0 aliphatic heterocycles. The molecule has 4 heteroatoms.